The van der Waals surface area contributed by atoms with Crippen molar-refractivity contribution in [1.29, 1.82) is 0 Å². The van der Waals surface area contributed by atoms with Crippen LogP contribution < -0.4 is 10.6 Å². The van der Waals surface area contributed by atoms with E-state index in [1.807, 2.05) is 6.07 Å². The SMILES string of the molecule is Nc1cc(N2CCCCC2)ccc1Cc1ccccc1. The Balaban J connectivity index is 1.77. The number of hydrogen-bond donors (Lipinski definition) is 1. The minimum atomic E-state index is 0.910. The van der Waals surface area contributed by atoms with E-state index in [4.69, 9.17) is 5.73 Å². The third-order valence-electron chi connectivity index (χ3n) is 4.09. The Bertz CT molecular complexity index is 557. The molecule has 0 amide bonds. The fourth-order valence-electron chi connectivity index (χ4n) is 2.91. The van der Waals surface area contributed by atoms with Gasteiger partial charge in [-0.25, -0.2) is 0 Å². The van der Waals surface area contributed by atoms with Gasteiger partial charge in [-0.15, -0.1) is 0 Å². The van der Waals surface area contributed by atoms with Crippen LogP contribution in [-0.2, 0) is 6.42 Å². The molecule has 1 saturated heterocycles. The Morgan fingerprint density at radius 2 is 1.65 bits per heavy atom. The predicted molar refractivity (Wildman–Crippen MR) is 86.2 cm³/mol. The predicted octanol–water partition coefficient (Wildman–Crippen LogP) is 3.85. The van der Waals surface area contributed by atoms with Crippen LogP contribution in [-0.4, -0.2) is 13.1 Å². The van der Waals surface area contributed by atoms with E-state index in [9.17, 15) is 0 Å². The number of nitrogens with zero attached hydrogens (tertiary/aromatic N) is 1. The van der Waals surface area contributed by atoms with E-state index in [1.165, 1.54) is 36.1 Å². The van der Waals surface area contributed by atoms with Crippen LogP contribution in [0.1, 0.15) is 30.4 Å². The molecule has 0 unspecified atom stereocenters. The number of nitrogens with two attached hydrogens (primary N) is 1. The van der Waals surface area contributed by atoms with Crippen molar-refractivity contribution in [2.75, 3.05) is 23.7 Å². The fraction of sp³-hybridized carbons (Fsp3) is 0.333. The largest absolute Gasteiger partial charge is 0.398 e. The van der Waals surface area contributed by atoms with Gasteiger partial charge < -0.3 is 10.6 Å². The van der Waals surface area contributed by atoms with Gasteiger partial charge in [-0.05, 0) is 48.9 Å². The van der Waals surface area contributed by atoms with E-state index in [2.05, 4.69) is 47.4 Å². The molecule has 2 aromatic rings. The summed E-state index contributed by atoms with van der Waals surface area (Å²) in [5, 5.41) is 0. The second-order valence-electron chi connectivity index (χ2n) is 5.59. The molecule has 1 fully saturated rings. The zero-order chi connectivity index (χ0) is 13.8. The smallest absolute Gasteiger partial charge is 0.0387 e. The van der Waals surface area contributed by atoms with E-state index in [1.54, 1.807) is 0 Å². The molecule has 3 rings (SSSR count). The molecule has 1 heterocycles. The first-order valence-corrected chi connectivity index (χ1v) is 7.50. The standard InChI is InChI=1S/C18H22N2/c19-18-14-17(20-11-5-2-6-12-20)10-9-16(18)13-15-7-3-1-4-8-15/h1,3-4,7-10,14H,2,5-6,11-13,19H2. The van der Waals surface area contributed by atoms with Crippen LogP contribution in [0.5, 0.6) is 0 Å². The summed E-state index contributed by atoms with van der Waals surface area (Å²) >= 11 is 0. The van der Waals surface area contributed by atoms with Crippen LogP contribution in [0.4, 0.5) is 11.4 Å². The summed E-state index contributed by atoms with van der Waals surface area (Å²) in [6.45, 7) is 2.33. The van der Waals surface area contributed by atoms with Crippen molar-refractivity contribution in [1.82, 2.24) is 0 Å². The minimum Gasteiger partial charge on any atom is -0.398 e. The highest BCUT2D eigenvalue weighted by molar-refractivity contribution is 5.61. The molecule has 0 radical (unpaired) electrons. The molecule has 1 aliphatic heterocycles. The van der Waals surface area contributed by atoms with Gasteiger partial charge in [-0.1, -0.05) is 36.4 Å². The summed E-state index contributed by atoms with van der Waals surface area (Å²) < 4.78 is 0. The van der Waals surface area contributed by atoms with Crippen molar-refractivity contribution in [2.24, 2.45) is 0 Å². The molecular weight excluding hydrogens is 244 g/mol. The van der Waals surface area contributed by atoms with E-state index < -0.39 is 0 Å². The highest BCUT2D eigenvalue weighted by Crippen LogP contribution is 2.25. The Morgan fingerprint density at radius 1 is 0.900 bits per heavy atom. The summed E-state index contributed by atoms with van der Waals surface area (Å²) in [6.07, 6.45) is 4.86. The van der Waals surface area contributed by atoms with Crippen LogP contribution in [0.3, 0.4) is 0 Å². The van der Waals surface area contributed by atoms with Crippen molar-refractivity contribution in [3.8, 4) is 0 Å². The minimum absolute atomic E-state index is 0.910. The molecule has 2 aromatic carbocycles. The van der Waals surface area contributed by atoms with Gasteiger partial charge in [-0.2, -0.15) is 0 Å². The molecule has 1 aliphatic rings. The summed E-state index contributed by atoms with van der Waals surface area (Å²) in [7, 11) is 0. The zero-order valence-electron chi connectivity index (χ0n) is 11.9. The number of hydrogen-bond acceptors (Lipinski definition) is 2. The Hall–Kier alpha value is -1.96. The van der Waals surface area contributed by atoms with Crippen molar-refractivity contribution >= 4 is 11.4 Å². The van der Waals surface area contributed by atoms with Gasteiger partial charge in [0.15, 0.2) is 0 Å². The number of benzene rings is 2. The van der Waals surface area contributed by atoms with Crippen LogP contribution in [0, 0.1) is 0 Å². The van der Waals surface area contributed by atoms with Crippen LogP contribution in [0.15, 0.2) is 48.5 Å². The maximum absolute atomic E-state index is 6.25. The van der Waals surface area contributed by atoms with Gasteiger partial charge in [-0.3, -0.25) is 0 Å². The molecule has 2 N–H and O–H groups in total. The summed E-state index contributed by atoms with van der Waals surface area (Å²) in [4.78, 5) is 2.45. The third kappa shape index (κ3) is 2.96. The topological polar surface area (TPSA) is 29.3 Å². The average molecular weight is 266 g/mol. The maximum atomic E-state index is 6.25. The van der Waals surface area contributed by atoms with Crippen molar-refractivity contribution in [3.63, 3.8) is 0 Å². The molecule has 0 atom stereocenters. The fourth-order valence-corrected chi connectivity index (χ4v) is 2.91. The van der Waals surface area contributed by atoms with E-state index in [0.29, 0.717) is 0 Å². The first-order valence-electron chi connectivity index (χ1n) is 7.50. The maximum Gasteiger partial charge on any atom is 0.0387 e. The van der Waals surface area contributed by atoms with Crippen LogP contribution in [0.2, 0.25) is 0 Å². The van der Waals surface area contributed by atoms with Crippen molar-refractivity contribution in [2.45, 2.75) is 25.7 Å². The molecule has 2 heteroatoms. The lowest BCUT2D eigenvalue weighted by Gasteiger charge is -2.29. The molecule has 0 spiro atoms. The Labute approximate surface area is 121 Å². The second kappa shape index (κ2) is 6.00. The summed E-state index contributed by atoms with van der Waals surface area (Å²) in [6, 6.07) is 17.1. The Morgan fingerprint density at radius 3 is 2.35 bits per heavy atom. The molecule has 0 aliphatic carbocycles. The van der Waals surface area contributed by atoms with Crippen LogP contribution >= 0.6 is 0 Å². The number of anilines is 2. The van der Waals surface area contributed by atoms with Gasteiger partial charge in [0.05, 0.1) is 0 Å². The van der Waals surface area contributed by atoms with Crippen LogP contribution in [0.25, 0.3) is 0 Å². The molecule has 0 saturated carbocycles. The number of rotatable bonds is 3. The zero-order valence-corrected chi connectivity index (χ0v) is 11.9. The molecular formula is C18H22N2. The Kier molecular flexibility index (Phi) is 3.91. The van der Waals surface area contributed by atoms with E-state index >= 15 is 0 Å². The average Bonchev–Trinajstić information content (AvgIpc) is 2.51. The lowest BCUT2D eigenvalue weighted by molar-refractivity contribution is 0.578. The summed E-state index contributed by atoms with van der Waals surface area (Å²) in [5.74, 6) is 0. The van der Waals surface area contributed by atoms with E-state index in [0.717, 1.165) is 25.2 Å². The van der Waals surface area contributed by atoms with Gasteiger partial charge in [0.1, 0.15) is 0 Å². The van der Waals surface area contributed by atoms with Crippen molar-refractivity contribution in [3.05, 3.63) is 59.7 Å². The number of piperidine rings is 1. The monoisotopic (exact) mass is 266 g/mol. The van der Waals surface area contributed by atoms with Gasteiger partial charge >= 0.3 is 0 Å². The number of nitrogen functional groups attached to an aromatic ring is 1. The highest BCUT2D eigenvalue weighted by atomic mass is 15.1. The molecule has 2 nitrogen and oxygen atoms in total. The summed E-state index contributed by atoms with van der Waals surface area (Å²) in [5.41, 5.74) is 11.0. The lowest BCUT2D eigenvalue weighted by Crippen LogP contribution is -2.29. The molecule has 104 valence electrons. The third-order valence-corrected chi connectivity index (χ3v) is 4.09. The van der Waals surface area contributed by atoms with Crippen molar-refractivity contribution < 1.29 is 0 Å². The van der Waals surface area contributed by atoms with E-state index in [-0.39, 0.29) is 0 Å². The quantitative estimate of drug-likeness (QED) is 0.855. The molecule has 0 bridgehead atoms. The second-order valence-corrected chi connectivity index (χ2v) is 5.59. The lowest BCUT2D eigenvalue weighted by atomic mass is 10.0. The normalized spacial score (nSPS) is 15.3. The van der Waals surface area contributed by atoms with Gasteiger partial charge in [0, 0.05) is 24.5 Å². The first kappa shape index (κ1) is 13.0. The highest BCUT2D eigenvalue weighted by Gasteiger charge is 2.12. The first-order chi connectivity index (χ1) is 9.83. The molecule has 20 heavy (non-hydrogen) atoms. The van der Waals surface area contributed by atoms with Gasteiger partial charge in [0.25, 0.3) is 0 Å². The molecule has 0 aromatic heterocycles. The van der Waals surface area contributed by atoms with Gasteiger partial charge in [0.2, 0.25) is 0 Å².